The molecule has 27 heavy (non-hydrogen) atoms. The van der Waals surface area contributed by atoms with Crippen LogP contribution in [0.4, 0.5) is 10.1 Å². The molecule has 0 bridgehead atoms. The summed E-state index contributed by atoms with van der Waals surface area (Å²) in [5, 5.41) is 3.17. The molecule has 0 spiro atoms. The van der Waals surface area contributed by atoms with Gasteiger partial charge in [0.25, 0.3) is 11.5 Å². The standard InChI is InChI=1S/C20H18FN3O3/c1-12-22-17-9-6-14(23-19(25)18-3-2-10-27-18)11-16(17)20(26)24(12)15-7-4-13(21)5-8-15/h4-9,11,18H,2-3,10H2,1H3,(H,23,25)/t18-/m1/s1. The molecule has 138 valence electrons. The van der Waals surface area contributed by atoms with Gasteiger partial charge in [-0.2, -0.15) is 0 Å². The Morgan fingerprint density at radius 2 is 2.04 bits per heavy atom. The Kier molecular flexibility index (Phi) is 4.45. The van der Waals surface area contributed by atoms with Gasteiger partial charge >= 0.3 is 0 Å². The van der Waals surface area contributed by atoms with E-state index in [-0.39, 0.29) is 17.3 Å². The predicted octanol–water partition coefficient (Wildman–Crippen LogP) is 2.95. The Morgan fingerprint density at radius 1 is 1.26 bits per heavy atom. The first-order valence-corrected chi connectivity index (χ1v) is 8.75. The number of anilines is 1. The van der Waals surface area contributed by atoms with Crippen LogP contribution in [-0.2, 0) is 9.53 Å². The number of hydrogen-bond acceptors (Lipinski definition) is 4. The van der Waals surface area contributed by atoms with Crippen LogP contribution in [0.25, 0.3) is 16.6 Å². The fraction of sp³-hybridized carbons (Fsp3) is 0.250. The molecule has 1 aliphatic rings. The Morgan fingerprint density at radius 3 is 2.74 bits per heavy atom. The quantitative estimate of drug-likeness (QED) is 0.772. The molecule has 1 atom stereocenters. The predicted molar refractivity (Wildman–Crippen MR) is 99.6 cm³/mol. The fourth-order valence-electron chi connectivity index (χ4n) is 3.28. The summed E-state index contributed by atoms with van der Waals surface area (Å²) in [6.45, 7) is 2.30. The lowest BCUT2D eigenvalue weighted by atomic mass is 10.2. The number of ether oxygens (including phenoxy) is 1. The molecule has 2 heterocycles. The van der Waals surface area contributed by atoms with Crippen LogP contribution in [0.1, 0.15) is 18.7 Å². The van der Waals surface area contributed by atoms with Gasteiger partial charge in [-0.3, -0.25) is 14.2 Å². The molecule has 1 fully saturated rings. The normalized spacial score (nSPS) is 16.6. The zero-order chi connectivity index (χ0) is 19.0. The van der Waals surface area contributed by atoms with E-state index in [9.17, 15) is 14.0 Å². The van der Waals surface area contributed by atoms with E-state index in [1.807, 2.05) is 0 Å². The summed E-state index contributed by atoms with van der Waals surface area (Å²) in [7, 11) is 0. The van der Waals surface area contributed by atoms with Crippen molar-refractivity contribution in [2.24, 2.45) is 0 Å². The second-order valence-corrected chi connectivity index (χ2v) is 6.50. The van der Waals surface area contributed by atoms with Gasteiger partial charge in [0, 0.05) is 12.3 Å². The number of carbonyl (C=O) groups excluding carboxylic acids is 1. The number of rotatable bonds is 3. The third-order valence-corrected chi connectivity index (χ3v) is 4.61. The first kappa shape index (κ1) is 17.4. The van der Waals surface area contributed by atoms with Crippen LogP contribution < -0.4 is 10.9 Å². The van der Waals surface area contributed by atoms with Crippen molar-refractivity contribution in [1.82, 2.24) is 9.55 Å². The number of nitrogens with one attached hydrogen (secondary N) is 1. The number of benzene rings is 2. The zero-order valence-corrected chi connectivity index (χ0v) is 14.7. The van der Waals surface area contributed by atoms with E-state index in [4.69, 9.17) is 4.74 Å². The molecule has 0 aliphatic carbocycles. The van der Waals surface area contributed by atoms with Crippen molar-refractivity contribution in [2.75, 3.05) is 11.9 Å². The monoisotopic (exact) mass is 367 g/mol. The van der Waals surface area contributed by atoms with E-state index >= 15 is 0 Å². The van der Waals surface area contributed by atoms with Crippen LogP contribution in [0.3, 0.4) is 0 Å². The van der Waals surface area contributed by atoms with Gasteiger partial charge in [-0.05, 0) is 62.2 Å². The second-order valence-electron chi connectivity index (χ2n) is 6.50. The summed E-state index contributed by atoms with van der Waals surface area (Å²) in [6, 6.07) is 10.7. The highest BCUT2D eigenvalue weighted by atomic mass is 19.1. The molecule has 4 rings (SSSR count). The highest BCUT2D eigenvalue weighted by molar-refractivity contribution is 5.96. The maximum Gasteiger partial charge on any atom is 0.266 e. The topological polar surface area (TPSA) is 73.2 Å². The van der Waals surface area contributed by atoms with Gasteiger partial charge in [0.1, 0.15) is 17.7 Å². The van der Waals surface area contributed by atoms with Crippen molar-refractivity contribution in [3.63, 3.8) is 0 Å². The van der Waals surface area contributed by atoms with E-state index in [0.29, 0.717) is 41.1 Å². The number of aromatic nitrogens is 2. The van der Waals surface area contributed by atoms with E-state index < -0.39 is 6.10 Å². The molecule has 6 nitrogen and oxygen atoms in total. The van der Waals surface area contributed by atoms with Crippen LogP contribution in [-0.4, -0.2) is 28.2 Å². The Balaban J connectivity index is 1.75. The lowest BCUT2D eigenvalue weighted by molar-refractivity contribution is -0.124. The molecule has 0 saturated carbocycles. The molecule has 1 aliphatic heterocycles. The SMILES string of the molecule is Cc1nc2ccc(NC(=O)[C@H]3CCCO3)cc2c(=O)n1-c1ccc(F)cc1. The van der Waals surface area contributed by atoms with Gasteiger partial charge in [0.2, 0.25) is 0 Å². The first-order valence-electron chi connectivity index (χ1n) is 8.75. The summed E-state index contributed by atoms with van der Waals surface area (Å²) in [5.74, 6) is -0.0987. The van der Waals surface area contributed by atoms with Gasteiger partial charge < -0.3 is 10.1 Å². The summed E-state index contributed by atoms with van der Waals surface area (Å²) in [4.78, 5) is 29.7. The maximum absolute atomic E-state index is 13.2. The van der Waals surface area contributed by atoms with E-state index in [1.54, 1.807) is 25.1 Å². The highest BCUT2D eigenvalue weighted by Crippen LogP contribution is 2.19. The maximum atomic E-state index is 13.2. The van der Waals surface area contributed by atoms with Crippen molar-refractivity contribution in [3.8, 4) is 5.69 Å². The number of carbonyl (C=O) groups is 1. The Hall–Kier alpha value is -3.06. The van der Waals surface area contributed by atoms with Gasteiger partial charge in [-0.15, -0.1) is 0 Å². The first-order chi connectivity index (χ1) is 13.0. The van der Waals surface area contributed by atoms with E-state index in [0.717, 1.165) is 6.42 Å². The summed E-state index contributed by atoms with van der Waals surface area (Å²) in [6.07, 6.45) is 1.10. The highest BCUT2D eigenvalue weighted by Gasteiger charge is 2.23. The summed E-state index contributed by atoms with van der Waals surface area (Å²) < 4.78 is 20.0. The van der Waals surface area contributed by atoms with Crippen LogP contribution in [0.5, 0.6) is 0 Å². The Labute approximate surface area is 154 Å². The minimum Gasteiger partial charge on any atom is -0.368 e. The number of amides is 1. The number of fused-ring (bicyclic) bond motifs is 1. The van der Waals surface area contributed by atoms with Gasteiger partial charge in [0.05, 0.1) is 16.6 Å². The van der Waals surface area contributed by atoms with Crippen LogP contribution in [0, 0.1) is 12.7 Å². The lowest BCUT2D eigenvalue weighted by Crippen LogP contribution is -2.27. The third kappa shape index (κ3) is 3.33. The Bertz CT molecular complexity index is 1070. The molecule has 1 N–H and O–H groups in total. The third-order valence-electron chi connectivity index (χ3n) is 4.61. The molecule has 0 unspecified atom stereocenters. The summed E-state index contributed by atoms with van der Waals surface area (Å²) in [5.41, 5.74) is 1.29. The fourth-order valence-corrected chi connectivity index (χ4v) is 3.28. The number of hydrogen-bond donors (Lipinski definition) is 1. The second kappa shape index (κ2) is 6.92. The lowest BCUT2D eigenvalue weighted by Gasteiger charge is -2.13. The van der Waals surface area contributed by atoms with E-state index in [2.05, 4.69) is 10.3 Å². The van der Waals surface area contributed by atoms with Crippen LogP contribution in [0.15, 0.2) is 47.3 Å². The van der Waals surface area contributed by atoms with Crippen molar-refractivity contribution >= 4 is 22.5 Å². The number of nitrogens with zero attached hydrogens (tertiary/aromatic N) is 2. The molecule has 1 saturated heterocycles. The molecular formula is C20H18FN3O3. The number of aryl methyl sites for hydroxylation is 1. The molecule has 0 radical (unpaired) electrons. The number of halogens is 1. The minimum absolute atomic E-state index is 0.217. The average Bonchev–Trinajstić information content (AvgIpc) is 3.19. The average molecular weight is 367 g/mol. The molecular weight excluding hydrogens is 349 g/mol. The van der Waals surface area contributed by atoms with Gasteiger partial charge in [-0.1, -0.05) is 0 Å². The smallest absolute Gasteiger partial charge is 0.266 e. The zero-order valence-electron chi connectivity index (χ0n) is 14.7. The van der Waals surface area contributed by atoms with E-state index in [1.165, 1.54) is 28.8 Å². The van der Waals surface area contributed by atoms with Crippen LogP contribution >= 0.6 is 0 Å². The van der Waals surface area contributed by atoms with Gasteiger partial charge in [-0.25, -0.2) is 9.37 Å². The van der Waals surface area contributed by atoms with Crippen molar-refractivity contribution in [1.29, 1.82) is 0 Å². The molecule has 3 aromatic rings. The molecule has 1 amide bonds. The molecule has 1 aromatic heterocycles. The molecule has 2 aromatic carbocycles. The van der Waals surface area contributed by atoms with Crippen molar-refractivity contribution < 1.29 is 13.9 Å². The van der Waals surface area contributed by atoms with Crippen molar-refractivity contribution in [2.45, 2.75) is 25.9 Å². The minimum atomic E-state index is -0.451. The van der Waals surface area contributed by atoms with Crippen LogP contribution in [0.2, 0.25) is 0 Å². The molecule has 7 heteroatoms. The largest absolute Gasteiger partial charge is 0.368 e. The van der Waals surface area contributed by atoms with Crippen molar-refractivity contribution in [3.05, 3.63) is 64.5 Å². The van der Waals surface area contributed by atoms with Gasteiger partial charge in [0.15, 0.2) is 0 Å². The summed E-state index contributed by atoms with van der Waals surface area (Å²) >= 11 is 0.